The number of carboxylic acid groups (broad SMARTS) is 1. The fraction of sp³-hybridized carbons (Fsp3) is 0.533. The molecule has 1 fully saturated rings. The number of aliphatic carboxylic acids is 1. The van der Waals surface area contributed by atoms with Crippen molar-refractivity contribution in [3.63, 3.8) is 0 Å². The molecule has 0 amide bonds. The highest BCUT2D eigenvalue weighted by atomic mass is 16.5. The molecule has 1 N–H and O–H groups in total. The molecule has 98 valence electrons. The number of ether oxygens (including phenoxy) is 1. The molecule has 0 spiro atoms. The highest BCUT2D eigenvalue weighted by molar-refractivity contribution is 5.75. The predicted molar refractivity (Wildman–Crippen MR) is 69.8 cm³/mol. The minimum absolute atomic E-state index is 0.132. The summed E-state index contributed by atoms with van der Waals surface area (Å²) in [4.78, 5) is 10.9. The van der Waals surface area contributed by atoms with Crippen LogP contribution in [0.25, 0.3) is 0 Å². The SMILES string of the molecule is COC1(CCc2ccc(C(C)C(=O)O)cc2)CC1. The number of rotatable bonds is 6. The monoisotopic (exact) mass is 248 g/mol. The van der Waals surface area contributed by atoms with Crippen LogP contribution < -0.4 is 0 Å². The van der Waals surface area contributed by atoms with Gasteiger partial charge in [0.25, 0.3) is 0 Å². The van der Waals surface area contributed by atoms with Crippen LogP contribution in [-0.2, 0) is 16.0 Å². The van der Waals surface area contributed by atoms with Crippen LogP contribution in [0, 0.1) is 0 Å². The minimum Gasteiger partial charge on any atom is -0.481 e. The summed E-state index contributed by atoms with van der Waals surface area (Å²) >= 11 is 0. The fourth-order valence-corrected chi connectivity index (χ4v) is 2.18. The van der Waals surface area contributed by atoms with Crippen LogP contribution in [-0.4, -0.2) is 23.8 Å². The van der Waals surface area contributed by atoms with E-state index in [1.807, 2.05) is 24.3 Å². The summed E-state index contributed by atoms with van der Waals surface area (Å²) < 4.78 is 5.49. The molecule has 1 unspecified atom stereocenters. The van der Waals surface area contributed by atoms with Crippen molar-refractivity contribution in [1.29, 1.82) is 0 Å². The molecule has 1 aliphatic rings. The van der Waals surface area contributed by atoms with Crippen molar-refractivity contribution >= 4 is 5.97 Å². The van der Waals surface area contributed by atoms with E-state index >= 15 is 0 Å². The number of hydrogen-bond acceptors (Lipinski definition) is 2. The van der Waals surface area contributed by atoms with Gasteiger partial charge in [-0.15, -0.1) is 0 Å². The second-order valence-corrected chi connectivity index (χ2v) is 5.19. The van der Waals surface area contributed by atoms with Crippen LogP contribution in [0.2, 0.25) is 0 Å². The van der Waals surface area contributed by atoms with E-state index in [2.05, 4.69) is 0 Å². The highest BCUT2D eigenvalue weighted by Gasteiger charge is 2.42. The molecule has 1 aliphatic carbocycles. The summed E-state index contributed by atoms with van der Waals surface area (Å²) in [5.41, 5.74) is 2.24. The van der Waals surface area contributed by atoms with Gasteiger partial charge in [0.2, 0.25) is 0 Å². The van der Waals surface area contributed by atoms with Gasteiger partial charge in [-0.05, 0) is 43.7 Å². The molecular formula is C15H20O3. The smallest absolute Gasteiger partial charge is 0.310 e. The van der Waals surface area contributed by atoms with Gasteiger partial charge in [0.1, 0.15) is 0 Å². The van der Waals surface area contributed by atoms with E-state index in [0.717, 1.165) is 31.2 Å². The van der Waals surface area contributed by atoms with Crippen molar-refractivity contribution < 1.29 is 14.6 Å². The standard InChI is InChI=1S/C15H20O3/c1-11(14(16)17)13-5-3-12(4-6-13)7-8-15(18-2)9-10-15/h3-6,11H,7-10H2,1-2H3,(H,16,17). The quantitative estimate of drug-likeness (QED) is 0.841. The highest BCUT2D eigenvalue weighted by Crippen LogP contribution is 2.42. The van der Waals surface area contributed by atoms with E-state index in [9.17, 15) is 4.79 Å². The van der Waals surface area contributed by atoms with Crippen LogP contribution in [0.3, 0.4) is 0 Å². The van der Waals surface area contributed by atoms with Gasteiger partial charge in [-0.2, -0.15) is 0 Å². The molecule has 0 saturated heterocycles. The van der Waals surface area contributed by atoms with Gasteiger partial charge in [-0.1, -0.05) is 24.3 Å². The zero-order valence-electron chi connectivity index (χ0n) is 11.0. The first-order valence-electron chi connectivity index (χ1n) is 6.43. The average molecular weight is 248 g/mol. The largest absolute Gasteiger partial charge is 0.481 e. The first-order valence-corrected chi connectivity index (χ1v) is 6.43. The van der Waals surface area contributed by atoms with E-state index in [-0.39, 0.29) is 5.60 Å². The third-order valence-corrected chi connectivity index (χ3v) is 3.96. The van der Waals surface area contributed by atoms with Crippen molar-refractivity contribution in [2.24, 2.45) is 0 Å². The van der Waals surface area contributed by atoms with Gasteiger partial charge >= 0.3 is 5.97 Å². The molecule has 1 aromatic rings. The Hall–Kier alpha value is -1.35. The number of carbonyl (C=O) groups is 1. The Morgan fingerprint density at radius 3 is 2.44 bits per heavy atom. The maximum Gasteiger partial charge on any atom is 0.310 e. The molecule has 2 rings (SSSR count). The maximum atomic E-state index is 10.9. The molecular weight excluding hydrogens is 228 g/mol. The first kappa shape index (κ1) is 13.1. The van der Waals surface area contributed by atoms with Gasteiger partial charge in [0, 0.05) is 7.11 Å². The molecule has 1 saturated carbocycles. The summed E-state index contributed by atoms with van der Waals surface area (Å²) in [6.07, 6.45) is 4.38. The molecule has 0 aliphatic heterocycles. The number of carboxylic acids is 1. The Balaban J connectivity index is 1.93. The number of benzene rings is 1. The van der Waals surface area contributed by atoms with Crippen molar-refractivity contribution in [2.75, 3.05) is 7.11 Å². The molecule has 0 radical (unpaired) electrons. The summed E-state index contributed by atoms with van der Waals surface area (Å²) in [5, 5.41) is 8.94. The van der Waals surface area contributed by atoms with Crippen LogP contribution in [0.1, 0.15) is 43.2 Å². The molecule has 1 aromatic carbocycles. The van der Waals surface area contributed by atoms with Crippen molar-refractivity contribution in [3.8, 4) is 0 Å². The Kier molecular flexibility index (Phi) is 3.71. The molecule has 3 heteroatoms. The lowest BCUT2D eigenvalue weighted by molar-refractivity contribution is -0.138. The van der Waals surface area contributed by atoms with Crippen LogP contribution in [0.4, 0.5) is 0 Å². The lowest BCUT2D eigenvalue weighted by Gasteiger charge is -2.13. The lowest BCUT2D eigenvalue weighted by atomic mass is 9.98. The third-order valence-electron chi connectivity index (χ3n) is 3.96. The van der Waals surface area contributed by atoms with E-state index in [1.165, 1.54) is 5.56 Å². The third kappa shape index (κ3) is 2.91. The van der Waals surface area contributed by atoms with Gasteiger partial charge in [-0.3, -0.25) is 4.79 Å². The normalized spacial score (nSPS) is 18.3. The van der Waals surface area contributed by atoms with Crippen molar-refractivity contribution in [1.82, 2.24) is 0 Å². The van der Waals surface area contributed by atoms with Crippen molar-refractivity contribution in [2.45, 2.75) is 44.1 Å². The Morgan fingerprint density at radius 1 is 1.39 bits per heavy atom. The number of hydrogen-bond donors (Lipinski definition) is 1. The zero-order valence-corrected chi connectivity index (χ0v) is 11.0. The van der Waals surface area contributed by atoms with Crippen LogP contribution in [0.15, 0.2) is 24.3 Å². The molecule has 1 atom stereocenters. The lowest BCUT2D eigenvalue weighted by Crippen LogP contribution is -2.12. The van der Waals surface area contributed by atoms with Crippen molar-refractivity contribution in [3.05, 3.63) is 35.4 Å². The minimum atomic E-state index is -0.779. The predicted octanol–water partition coefficient (Wildman–Crippen LogP) is 2.99. The van der Waals surface area contributed by atoms with E-state index in [4.69, 9.17) is 9.84 Å². The van der Waals surface area contributed by atoms with Gasteiger partial charge < -0.3 is 9.84 Å². The summed E-state index contributed by atoms with van der Waals surface area (Å²) in [5.74, 6) is -1.22. The second-order valence-electron chi connectivity index (χ2n) is 5.19. The van der Waals surface area contributed by atoms with Crippen LogP contribution >= 0.6 is 0 Å². The Labute approximate surface area is 108 Å². The van der Waals surface area contributed by atoms with E-state index in [0.29, 0.717) is 0 Å². The number of methoxy groups -OCH3 is 1. The summed E-state index contributed by atoms with van der Waals surface area (Å²) in [6.45, 7) is 1.71. The van der Waals surface area contributed by atoms with E-state index < -0.39 is 11.9 Å². The van der Waals surface area contributed by atoms with Gasteiger partial charge in [-0.25, -0.2) is 0 Å². The molecule has 18 heavy (non-hydrogen) atoms. The Bertz CT molecular complexity index is 418. The van der Waals surface area contributed by atoms with Gasteiger partial charge in [0.15, 0.2) is 0 Å². The van der Waals surface area contributed by atoms with Crippen LogP contribution in [0.5, 0.6) is 0 Å². The number of aryl methyl sites for hydroxylation is 1. The van der Waals surface area contributed by atoms with E-state index in [1.54, 1.807) is 14.0 Å². The topological polar surface area (TPSA) is 46.5 Å². The zero-order chi connectivity index (χ0) is 13.2. The summed E-state index contributed by atoms with van der Waals surface area (Å²) in [7, 11) is 1.78. The fourth-order valence-electron chi connectivity index (χ4n) is 2.18. The van der Waals surface area contributed by atoms with Gasteiger partial charge in [0.05, 0.1) is 11.5 Å². The molecule has 0 heterocycles. The second kappa shape index (κ2) is 5.11. The summed E-state index contributed by atoms with van der Waals surface area (Å²) in [6, 6.07) is 7.89. The average Bonchev–Trinajstić information content (AvgIpc) is 3.17. The molecule has 0 aromatic heterocycles. The maximum absolute atomic E-state index is 10.9. The first-order chi connectivity index (χ1) is 8.56. The Morgan fingerprint density at radius 2 is 2.00 bits per heavy atom. The molecule has 3 nitrogen and oxygen atoms in total. The molecule has 0 bridgehead atoms.